The third-order valence-electron chi connectivity index (χ3n) is 7.63. The molecule has 1 aromatic heterocycles. The van der Waals surface area contributed by atoms with E-state index in [1.54, 1.807) is 0 Å². The Morgan fingerprint density at radius 3 is 2.29 bits per heavy atom. The summed E-state index contributed by atoms with van der Waals surface area (Å²) >= 11 is 0. The number of imidazole rings is 1. The largest absolute Gasteiger partial charge is 0.481 e. The molecule has 2 aliphatic rings. The lowest BCUT2D eigenvalue weighted by Gasteiger charge is -2.44. The van der Waals surface area contributed by atoms with Crippen molar-refractivity contribution < 1.29 is 14.6 Å². The van der Waals surface area contributed by atoms with Gasteiger partial charge in [-0.3, -0.25) is 4.79 Å². The predicted molar refractivity (Wildman–Crippen MR) is 132 cm³/mol. The minimum absolute atomic E-state index is 0.381. The smallest absolute Gasteiger partial charge is 0.314 e. The highest BCUT2D eigenvalue weighted by molar-refractivity contribution is 5.81. The van der Waals surface area contributed by atoms with Gasteiger partial charge in [0.1, 0.15) is 11.4 Å². The standard InChI is InChI=1S/C29H32N2O3/c1-22(24-8-4-2-5-9-24)21-34-29(26-30-18-19-31(26)20-23-12-13-23)16-14-28(15-17-29,27(32)33)25-10-6-3-7-11-25/h2-11,18-19,23H,1,12-17,20-21H2,(H,32,33). The predicted octanol–water partition coefficient (Wildman–Crippen LogP) is 5.82. The van der Waals surface area contributed by atoms with Crippen LogP contribution >= 0.6 is 0 Å². The van der Waals surface area contributed by atoms with Crippen LogP contribution in [0.25, 0.3) is 5.57 Å². The summed E-state index contributed by atoms with van der Waals surface area (Å²) in [5.74, 6) is 0.866. The second kappa shape index (κ2) is 9.22. The molecule has 0 amide bonds. The molecule has 5 rings (SSSR count). The van der Waals surface area contributed by atoms with Crippen LogP contribution in [0.4, 0.5) is 0 Å². The van der Waals surface area contributed by atoms with Gasteiger partial charge in [-0.25, -0.2) is 4.98 Å². The number of hydrogen-bond donors (Lipinski definition) is 1. The quantitative estimate of drug-likeness (QED) is 0.441. The van der Waals surface area contributed by atoms with Gasteiger partial charge in [0.05, 0.1) is 12.0 Å². The van der Waals surface area contributed by atoms with Gasteiger partial charge in [-0.2, -0.15) is 0 Å². The highest BCUT2D eigenvalue weighted by Crippen LogP contribution is 2.49. The minimum atomic E-state index is -0.904. The SMILES string of the molecule is C=C(COC1(c2nccn2CC2CC2)CCC(C(=O)O)(c2ccccc2)CC1)c1ccccc1. The molecule has 3 aromatic rings. The van der Waals surface area contributed by atoms with Crippen LogP contribution in [-0.2, 0) is 27.1 Å². The number of nitrogens with zero attached hydrogens (tertiary/aromatic N) is 2. The fraction of sp³-hybridized carbons (Fsp3) is 0.379. The first-order valence-corrected chi connectivity index (χ1v) is 12.2. The molecule has 0 bridgehead atoms. The summed E-state index contributed by atoms with van der Waals surface area (Å²) in [6.07, 6.45) is 8.60. The van der Waals surface area contributed by atoms with Gasteiger partial charge < -0.3 is 14.4 Å². The van der Waals surface area contributed by atoms with Gasteiger partial charge in [0.25, 0.3) is 0 Å². The Labute approximate surface area is 201 Å². The van der Waals surface area contributed by atoms with Crippen LogP contribution in [-0.4, -0.2) is 27.2 Å². The van der Waals surface area contributed by atoms with Gasteiger partial charge in [-0.1, -0.05) is 67.2 Å². The van der Waals surface area contributed by atoms with Crippen LogP contribution in [0.1, 0.15) is 55.5 Å². The number of carboxylic acids is 1. The Balaban J connectivity index is 1.44. The number of carboxylic acid groups (broad SMARTS) is 1. The Morgan fingerprint density at radius 1 is 1.03 bits per heavy atom. The number of carbonyl (C=O) groups is 1. The van der Waals surface area contributed by atoms with E-state index in [2.05, 4.69) is 11.1 Å². The average molecular weight is 457 g/mol. The topological polar surface area (TPSA) is 64.4 Å². The van der Waals surface area contributed by atoms with Gasteiger partial charge in [0.2, 0.25) is 0 Å². The maximum absolute atomic E-state index is 12.6. The monoisotopic (exact) mass is 456 g/mol. The molecule has 5 heteroatoms. The zero-order valence-electron chi connectivity index (χ0n) is 19.5. The highest BCUT2D eigenvalue weighted by Gasteiger charge is 2.51. The Morgan fingerprint density at radius 2 is 1.68 bits per heavy atom. The fourth-order valence-electron chi connectivity index (χ4n) is 5.31. The van der Waals surface area contributed by atoms with Crippen LogP contribution in [0.2, 0.25) is 0 Å². The molecule has 1 heterocycles. The first-order valence-electron chi connectivity index (χ1n) is 12.2. The lowest BCUT2D eigenvalue weighted by atomic mass is 9.65. The van der Waals surface area contributed by atoms with Gasteiger partial charge in [-0.15, -0.1) is 0 Å². The molecule has 5 nitrogen and oxygen atoms in total. The molecule has 34 heavy (non-hydrogen) atoms. The molecular weight excluding hydrogens is 424 g/mol. The summed E-state index contributed by atoms with van der Waals surface area (Å²) in [6, 6.07) is 19.7. The van der Waals surface area contributed by atoms with Gasteiger partial charge >= 0.3 is 5.97 Å². The Hall–Kier alpha value is -3.18. The van der Waals surface area contributed by atoms with E-state index in [1.807, 2.05) is 73.1 Å². The van der Waals surface area contributed by atoms with Gasteiger partial charge in [-0.05, 0) is 61.1 Å². The second-order valence-electron chi connectivity index (χ2n) is 9.85. The maximum atomic E-state index is 12.6. The molecule has 0 saturated heterocycles. The van der Waals surface area contributed by atoms with Crippen molar-refractivity contribution in [1.82, 2.24) is 9.55 Å². The molecule has 0 spiro atoms. The van der Waals surface area contributed by atoms with Crippen LogP contribution in [0.15, 0.2) is 79.6 Å². The summed E-state index contributed by atoms with van der Waals surface area (Å²) < 4.78 is 8.94. The van der Waals surface area contributed by atoms with Crippen LogP contribution in [0.5, 0.6) is 0 Å². The second-order valence-corrected chi connectivity index (χ2v) is 9.85. The van der Waals surface area contributed by atoms with Crippen molar-refractivity contribution in [3.8, 4) is 0 Å². The van der Waals surface area contributed by atoms with Gasteiger partial charge in [0, 0.05) is 18.9 Å². The van der Waals surface area contributed by atoms with E-state index in [1.165, 1.54) is 12.8 Å². The van der Waals surface area contributed by atoms with E-state index in [0.717, 1.165) is 29.1 Å². The molecule has 0 atom stereocenters. The van der Waals surface area contributed by atoms with Crippen molar-refractivity contribution in [3.63, 3.8) is 0 Å². The number of hydrogen-bond acceptors (Lipinski definition) is 3. The van der Waals surface area contributed by atoms with Crippen molar-refractivity contribution >= 4 is 11.5 Å². The van der Waals surface area contributed by atoms with Crippen molar-refractivity contribution in [2.24, 2.45) is 5.92 Å². The summed E-state index contributed by atoms with van der Waals surface area (Å²) in [7, 11) is 0. The van der Waals surface area contributed by atoms with Crippen molar-refractivity contribution in [3.05, 3.63) is 96.6 Å². The van der Waals surface area contributed by atoms with E-state index in [-0.39, 0.29) is 0 Å². The first kappa shape index (κ1) is 22.6. The molecule has 2 aromatic carbocycles. The molecule has 1 N–H and O–H groups in total. The van der Waals surface area contributed by atoms with Crippen molar-refractivity contribution in [2.45, 2.75) is 56.1 Å². The van der Waals surface area contributed by atoms with E-state index >= 15 is 0 Å². The number of aromatic nitrogens is 2. The van der Waals surface area contributed by atoms with Gasteiger partial charge in [0.15, 0.2) is 0 Å². The van der Waals surface area contributed by atoms with E-state index in [4.69, 9.17) is 9.72 Å². The molecule has 0 aliphatic heterocycles. The molecule has 0 unspecified atom stereocenters. The molecular formula is C29H32N2O3. The van der Waals surface area contributed by atoms with Crippen LogP contribution < -0.4 is 0 Å². The van der Waals surface area contributed by atoms with Crippen molar-refractivity contribution in [1.29, 1.82) is 0 Å². The van der Waals surface area contributed by atoms with E-state index in [0.29, 0.717) is 38.2 Å². The van der Waals surface area contributed by atoms with Crippen LogP contribution in [0, 0.1) is 5.92 Å². The number of benzene rings is 2. The molecule has 2 fully saturated rings. The first-order chi connectivity index (χ1) is 16.5. The fourth-order valence-corrected chi connectivity index (χ4v) is 5.31. The van der Waals surface area contributed by atoms with Crippen LogP contribution in [0.3, 0.4) is 0 Å². The number of aliphatic carboxylic acids is 1. The lowest BCUT2D eigenvalue weighted by molar-refractivity contribution is -0.150. The maximum Gasteiger partial charge on any atom is 0.314 e. The Bertz CT molecular complexity index is 1140. The summed E-state index contributed by atoms with van der Waals surface area (Å²) in [6.45, 7) is 5.59. The minimum Gasteiger partial charge on any atom is -0.481 e. The summed E-state index contributed by atoms with van der Waals surface area (Å²) in [5, 5.41) is 10.3. The Kier molecular flexibility index (Phi) is 6.13. The molecule has 2 aliphatic carbocycles. The number of rotatable bonds is 9. The average Bonchev–Trinajstić information content (AvgIpc) is 3.57. The zero-order valence-corrected chi connectivity index (χ0v) is 19.5. The molecule has 2 saturated carbocycles. The third kappa shape index (κ3) is 4.32. The molecule has 0 radical (unpaired) electrons. The zero-order chi connectivity index (χ0) is 23.6. The number of ether oxygens (including phenoxy) is 1. The summed E-state index contributed by atoms with van der Waals surface area (Å²) in [5.41, 5.74) is 1.30. The van der Waals surface area contributed by atoms with Crippen molar-refractivity contribution in [2.75, 3.05) is 6.61 Å². The molecule has 176 valence electrons. The van der Waals surface area contributed by atoms with E-state index in [9.17, 15) is 9.90 Å². The third-order valence-corrected chi connectivity index (χ3v) is 7.63. The lowest BCUT2D eigenvalue weighted by Crippen LogP contribution is -2.47. The normalized spacial score (nSPS) is 24.6. The summed E-state index contributed by atoms with van der Waals surface area (Å²) in [4.78, 5) is 17.3. The van der Waals surface area contributed by atoms with E-state index < -0.39 is 17.0 Å². The highest BCUT2D eigenvalue weighted by atomic mass is 16.5.